The van der Waals surface area contributed by atoms with E-state index in [0.29, 0.717) is 30.0 Å². The second kappa shape index (κ2) is 14.1. The normalized spacial score (nSPS) is 21.5. The molecule has 5 N–H and O–H groups in total. The largest absolute Gasteiger partial charge is 0.454 e. The van der Waals surface area contributed by atoms with Crippen LogP contribution < -0.4 is 30.7 Å². The Bertz CT molecular complexity index is 2090. The molecule has 2 aromatic carbocycles. The first-order valence-corrected chi connectivity index (χ1v) is 19.8. The predicted octanol–water partition coefficient (Wildman–Crippen LogP) is 4.96. The van der Waals surface area contributed by atoms with E-state index in [-0.39, 0.29) is 35.8 Å². The molecule has 19 heteroatoms. The van der Waals surface area contributed by atoms with Crippen molar-refractivity contribution in [2.45, 2.75) is 81.3 Å². The van der Waals surface area contributed by atoms with Crippen LogP contribution in [0.5, 0.6) is 6.01 Å². The van der Waals surface area contributed by atoms with Crippen molar-refractivity contribution >= 4 is 56.9 Å². The van der Waals surface area contributed by atoms with Crippen molar-refractivity contribution in [3.63, 3.8) is 0 Å². The molecule has 294 valence electrons. The van der Waals surface area contributed by atoms with Crippen LogP contribution >= 0.6 is 11.6 Å². The maximum absolute atomic E-state index is 13.5. The third-order valence-corrected chi connectivity index (χ3v) is 12.4. The standard InChI is InChI=1S/C36H40ClF3N8O6S/c1-33(2,28(50)46-35(17-26(35)20-3-4-20)29(51)48-55(52,53)25-13-14-25)18-41-27(49)21-5-11-24(12-6-21)42-30-43-31(45-32(44-30)54-19-36(38,39)40)47-34(15-16-34)22-7-9-23(37)10-8-22/h5-12,20,25-26H,3-4,13-19H2,1-2H3,(H,41,49)(H,46,50)(H,48,51)(H2,42,43,44,45,47)/t26-,35+/m0/s1. The number of nitrogens with one attached hydrogen (secondary N) is 5. The molecule has 0 radical (unpaired) electrons. The highest BCUT2D eigenvalue weighted by molar-refractivity contribution is 7.91. The van der Waals surface area contributed by atoms with Crippen molar-refractivity contribution in [3.05, 3.63) is 64.7 Å². The van der Waals surface area contributed by atoms with Gasteiger partial charge in [-0.1, -0.05) is 23.7 Å². The number of hydrogen-bond donors (Lipinski definition) is 5. The fraction of sp³-hybridized carbons (Fsp3) is 0.500. The fourth-order valence-corrected chi connectivity index (χ4v) is 7.95. The van der Waals surface area contributed by atoms with Crippen molar-refractivity contribution in [1.82, 2.24) is 30.3 Å². The molecule has 3 amide bonds. The van der Waals surface area contributed by atoms with Gasteiger partial charge in [0.25, 0.3) is 11.8 Å². The monoisotopic (exact) mass is 804 g/mol. The average molecular weight is 805 g/mol. The second-order valence-corrected chi connectivity index (χ2v) is 17.8. The maximum atomic E-state index is 13.5. The summed E-state index contributed by atoms with van der Waals surface area (Å²) >= 11 is 6.04. The predicted molar refractivity (Wildman–Crippen MR) is 195 cm³/mol. The number of nitrogens with zero attached hydrogens (tertiary/aromatic N) is 3. The van der Waals surface area contributed by atoms with Crippen molar-refractivity contribution in [2.75, 3.05) is 23.8 Å². The molecule has 1 heterocycles. The minimum absolute atomic E-state index is 0.00985. The van der Waals surface area contributed by atoms with Crippen LogP contribution in [0, 0.1) is 17.3 Å². The summed E-state index contributed by atoms with van der Waals surface area (Å²) in [5.41, 5.74) is -1.47. The molecule has 0 bridgehead atoms. The van der Waals surface area contributed by atoms with Gasteiger partial charge in [-0.05, 0) is 113 Å². The summed E-state index contributed by atoms with van der Waals surface area (Å²) in [6.45, 7) is 1.52. The minimum Gasteiger partial charge on any atom is -0.454 e. The van der Waals surface area contributed by atoms with Crippen LogP contribution in [0.4, 0.5) is 30.8 Å². The number of alkyl halides is 3. The number of amides is 3. The van der Waals surface area contributed by atoms with Gasteiger partial charge in [0.15, 0.2) is 6.61 Å². The van der Waals surface area contributed by atoms with Crippen LogP contribution in [-0.4, -0.2) is 71.2 Å². The van der Waals surface area contributed by atoms with Gasteiger partial charge in [-0.25, -0.2) is 8.42 Å². The molecule has 55 heavy (non-hydrogen) atoms. The van der Waals surface area contributed by atoms with E-state index in [2.05, 4.69) is 40.9 Å². The zero-order valence-corrected chi connectivity index (χ0v) is 31.5. The van der Waals surface area contributed by atoms with Crippen molar-refractivity contribution in [1.29, 1.82) is 0 Å². The Labute approximate surface area is 320 Å². The van der Waals surface area contributed by atoms with Crippen LogP contribution in [0.3, 0.4) is 0 Å². The first-order chi connectivity index (χ1) is 25.9. The Balaban J connectivity index is 0.979. The van der Waals surface area contributed by atoms with E-state index < -0.39 is 68.3 Å². The summed E-state index contributed by atoms with van der Waals surface area (Å²) in [5.74, 6) is -1.72. The van der Waals surface area contributed by atoms with Gasteiger partial charge in [0.1, 0.15) is 5.54 Å². The summed E-state index contributed by atoms with van der Waals surface area (Å²) in [5, 5.41) is 11.7. The van der Waals surface area contributed by atoms with Crippen molar-refractivity contribution < 1.29 is 40.7 Å². The summed E-state index contributed by atoms with van der Waals surface area (Å²) in [7, 11) is -3.80. The molecule has 0 spiro atoms. The number of rotatable bonds is 16. The molecule has 0 aliphatic heterocycles. The number of hydrogen-bond acceptors (Lipinski definition) is 11. The van der Waals surface area contributed by atoms with Gasteiger partial charge >= 0.3 is 12.2 Å². The molecule has 4 fully saturated rings. The third-order valence-electron chi connectivity index (χ3n) is 10.3. The first kappa shape index (κ1) is 38.6. The van der Waals surface area contributed by atoms with Crippen molar-refractivity contribution in [2.24, 2.45) is 17.3 Å². The lowest BCUT2D eigenvalue weighted by Gasteiger charge is -2.28. The van der Waals surface area contributed by atoms with Crippen LogP contribution in [0.15, 0.2) is 48.5 Å². The highest BCUT2D eigenvalue weighted by Gasteiger charge is 2.66. The number of benzene rings is 2. The highest BCUT2D eigenvalue weighted by atomic mass is 35.5. The molecule has 0 unspecified atom stereocenters. The van der Waals surface area contributed by atoms with Gasteiger partial charge in [0.2, 0.25) is 27.8 Å². The number of carbonyl (C=O) groups excluding carboxylic acids is 3. The molecule has 0 saturated heterocycles. The Morgan fingerprint density at radius 3 is 2.18 bits per heavy atom. The Morgan fingerprint density at radius 1 is 0.927 bits per heavy atom. The summed E-state index contributed by atoms with van der Waals surface area (Å²) in [4.78, 5) is 52.3. The molecule has 3 aromatic rings. The van der Waals surface area contributed by atoms with Gasteiger partial charge in [0.05, 0.1) is 16.2 Å². The SMILES string of the molecule is CC(C)(CNC(=O)c1ccc(Nc2nc(NC3(c4ccc(Cl)cc4)CC3)nc(OCC(F)(F)F)n2)cc1)C(=O)N[C@]1(C(=O)NS(=O)(=O)C2CC2)C[C@H]1C1CC1. The number of anilines is 3. The molecule has 14 nitrogen and oxygen atoms in total. The van der Waals surface area contributed by atoms with E-state index in [0.717, 1.165) is 31.2 Å². The summed E-state index contributed by atoms with van der Waals surface area (Å²) in [6, 6.07) is 12.7. The lowest BCUT2D eigenvalue weighted by atomic mass is 9.91. The molecular weight excluding hydrogens is 765 g/mol. The van der Waals surface area contributed by atoms with Crippen molar-refractivity contribution in [3.8, 4) is 6.01 Å². The van der Waals surface area contributed by atoms with Crippen LogP contribution in [0.2, 0.25) is 5.02 Å². The van der Waals surface area contributed by atoms with Gasteiger partial charge in [-0.15, -0.1) is 0 Å². The van der Waals surface area contributed by atoms with E-state index in [1.54, 1.807) is 38.1 Å². The lowest BCUT2D eigenvalue weighted by Crippen LogP contribution is -2.56. The van der Waals surface area contributed by atoms with Gasteiger partial charge in [0, 0.05) is 22.8 Å². The topological polar surface area (TPSA) is 193 Å². The molecular formula is C36H40ClF3N8O6S. The van der Waals surface area contributed by atoms with Crippen LogP contribution in [0.1, 0.15) is 74.7 Å². The number of aromatic nitrogens is 3. The minimum atomic E-state index is -4.63. The van der Waals surface area contributed by atoms with Crippen LogP contribution in [0.25, 0.3) is 0 Å². The second-order valence-electron chi connectivity index (χ2n) is 15.4. The Hall–Kier alpha value is -4.71. The quantitative estimate of drug-likeness (QED) is 0.131. The lowest BCUT2D eigenvalue weighted by molar-refractivity contribution is -0.154. The van der Waals surface area contributed by atoms with Gasteiger partial charge in [-0.2, -0.15) is 28.1 Å². The van der Waals surface area contributed by atoms with E-state index >= 15 is 0 Å². The average Bonchev–Trinajstić information content (AvgIpc) is 3.93. The van der Waals surface area contributed by atoms with E-state index in [1.807, 2.05) is 12.1 Å². The number of sulfonamides is 1. The van der Waals surface area contributed by atoms with E-state index in [4.69, 9.17) is 16.3 Å². The zero-order chi connectivity index (χ0) is 39.4. The molecule has 4 aliphatic carbocycles. The first-order valence-electron chi connectivity index (χ1n) is 17.9. The maximum Gasteiger partial charge on any atom is 0.422 e. The highest BCUT2D eigenvalue weighted by Crippen LogP contribution is 2.57. The number of carbonyl (C=O) groups is 3. The van der Waals surface area contributed by atoms with E-state index in [1.165, 1.54) is 12.1 Å². The van der Waals surface area contributed by atoms with E-state index in [9.17, 15) is 36.0 Å². The molecule has 4 saturated carbocycles. The number of halogens is 4. The third kappa shape index (κ3) is 9.06. The van der Waals surface area contributed by atoms with Crippen LogP contribution in [-0.2, 0) is 25.2 Å². The molecule has 2 atom stereocenters. The Kier molecular flexibility index (Phi) is 9.88. The molecule has 1 aromatic heterocycles. The summed E-state index contributed by atoms with van der Waals surface area (Å²) in [6.07, 6.45) is -0.0139. The smallest absolute Gasteiger partial charge is 0.422 e. The summed E-state index contributed by atoms with van der Waals surface area (Å²) < 4.78 is 71.0. The van der Waals surface area contributed by atoms with Gasteiger partial charge < -0.3 is 26.0 Å². The molecule has 4 aliphatic rings. The Morgan fingerprint density at radius 2 is 1.58 bits per heavy atom. The molecule has 7 rings (SSSR count). The zero-order valence-electron chi connectivity index (χ0n) is 29.9. The fourth-order valence-electron chi connectivity index (χ4n) is 6.46. The van der Waals surface area contributed by atoms with Gasteiger partial charge in [-0.3, -0.25) is 19.1 Å². The number of ether oxygens (including phenoxy) is 1.